The molecule has 1 aromatic carbocycles. The van der Waals surface area contributed by atoms with E-state index in [0.29, 0.717) is 0 Å². The number of aliphatic hydroxyl groups is 1. The van der Waals surface area contributed by atoms with Crippen LogP contribution in [-0.2, 0) is 6.61 Å². The van der Waals surface area contributed by atoms with Gasteiger partial charge in [-0.15, -0.1) is 11.3 Å². The van der Waals surface area contributed by atoms with Crippen LogP contribution in [-0.4, -0.2) is 10.1 Å². The molecule has 2 rings (SSSR count). The van der Waals surface area contributed by atoms with Gasteiger partial charge in [-0.1, -0.05) is 18.2 Å². The predicted molar refractivity (Wildman–Crippen MR) is 67.7 cm³/mol. The lowest BCUT2D eigenvalue weighted by Crippen LogP contribution is -1.91. The van der Waals surface area contributed by atoms with E-state index in [2.05, 4.69) is 31.0 Å². The lowest BCUT2D eigenvalue weighted by Gasteiger charge is -2.08. The van der Waals surface area contributed by atoms with Gasteiger partial charge < -0.3 is 5.11 Å². The van der Waals surface area contributed by atoms with Crippen molar-refractivity contribution in [1.82, 2.24) is 4.98 Å². The van der Waals surface area contributed by atoms with Gasteiger partial charge in [-0.05, 0) is 31.9 Å². The van der Waals surface area contributed by atoms with Crippen LogP contribution in [0, 0.1) is 20.8 Å². The van der Waals surface area contributed by atoms with E-state index >= 15 is 0 Å². The molecule has 0 bridgehead atoms. The lowest BCUT2D eigenvalue weighted by molar-refractivity contribution is 0.286. The molecule has 1 N–H and O–H groups in total. The first-order valence-corrected chi connectivity index (χ1v) is 6.09. The minimum absolute atomic E-state index is 0.0641. The first-order chi connectivity index (χ1) is 7.63. The van der Waals surface area contributed by atoms with E-state index in [9.17, 15) is 5.11 Å². The van der Waals surface area contributed by atoms with Gasteiger partial charge in [-0.2, -0.15) is 0 Å². The Hall–Kier alpha value is -1.19. The third-order valence-electron chi connectivity index (χ3n) is 2.67. The molecule has 2 nitrogen and oxygen atoms in total. The van der Waals surface area contributed by atoms with E-state index in [1.165, 1.54) is 11.1 Å². The Labute approximate surface area is 99.6 Å². The number of aromatic nitrogens is 1. The number of hydrogen-bond acceptors (Lipinski definition) is 3. The van der Waals surface area contributed by atoms with Crippen molar-refractivity contribution in [3.05, 3.63) is 39.2 Å². The molecule has 0 atom stereocenters. The highest BCUT2D eigenvalue weighted by Crippen LogP contribution is 2.32. The van der Waals surface area contributed by atoms with Crippen molar-refractivity contribution >= 4 is 11.3 Å². The van der Waals surface area contributed by atoms with E-state index in [-0.39, 0.29) is 6.61 Å². The fourth-order valence-electron chi connectivity index (χ4n) is 1.96. The van der Waals surface area contributed by atoms with E-state index in [1.54, 1.807) is 11.3 Å². The van der Waals surface area contributed by atoms with E-state index in [1.807, 2.05) is 13.0 Å². The maximum Gasteiger partial charge on any atom is 0.0905 e. The van der Waals surface area contributed by atoms with Gasteiger partial charge in [0.2, 0.25) is 0 Å². The topological polar surface area (TPSA) is 33.1 Å². The molecule has 0 spiro atoms. The van der Waals surface area contributed by atoms with Crippen molar-refractivity contribution in [2.24, 2.45) is 0 Å². The van der Waals surface area contributed by atoms with Crippen molar-refractivity contribution in [3.63, 3.8) is 0 Å². The molecule has 0 aliphatic rings. The molecule has 0 aliphatic heterocycles. The third-order valence-corrected chi connectivity index (χ3v) is 3.62. The predicted octanol–water partition coefficient (Wildman–Crippen LogP) is 3.23. The highest BCUT2D eigenvalue weighted by atomic mass is 32.1. The SMILES string of the molecule is Cc1nc(-c2c(C)cccc2C)c(CO)s1. The molecule has 0 aliphatic carbocycles. The van der Waals surface area contributed by atoms with Gasteiger partial charge in [-0.3, -0.25) is 0 Å². The number of aryl methyl sites for hydroxylation is 3. The summed E-state index contributed by atoms with van der Waals surface area (Å²) in [6.07, 6.45) is 0. The largest absolute Gasteiger partial charge is 0.391 e. The molecule has 0 amide bonds. The first-order valence-electron chi connectivity index (χ1n) is 5.27. The van der Waals surface area contributed by atoms with Crippen LogP contribution in [0.2, 0.25) is 0 Å². The summed E-state index contributed by atoms with van der Waals surface area (Å²) in [4.78, 5) is 5.49. The fraction of sp³-hybridized carbons (Fsp3) is 0.308. The Morgan fingerprint density at radius 2 is 1.81 bits per heavy atom. The monoisotopic (exact) mass is 233 g/mol. The second-order valence-electron chi connectivity index (χ2n) is 3.93. The van der Waals surface area contributed by atoms with E-state index in [0.717, 1.165) is 21.1 Å². The Kier molecular flexibility index (Phi) is 3.08. The number of benzene rings is 1. The number of aliphatic hydroxyl groups excluding tert-OH is 1. The molecule has 0 saturated heterocycles. The number of rotatable bonds is 2. The van der Waals surface area contributed by atoms with Crippen molar-refractivity contribution in [2.45, 2.75) is 27.4 Å². The van der Waals surface area contributed by atoms with Crippen LogP contribution in [0.15, 0.2) is 18.2 Å². The summed E-state index contributed by atoms with van der Waals surface area (Å²) in [5.74, 6) is 0. The summed E-state index contributed by atoms with van der Waals surface area (Å²) >= 11 is 1.57. The minimum atomic E-state index is 0.0641. The molecule has 3 heteroatoms. The molecule has 0 radical (unpaired) electrons. The van der Waals surface area contributed by atoms with Crippen LogP contribution in [0.4, 0.5) is 0 Å². The van der Waals surface area contributed by atoms with E-state index < -0.39 is 0 Å². The maximum absolute atomic E-state index is 9.35. The Morgan fingerprint density at radius 1 is 1.19 bits per heavy atom. The van der Waals surface area contributed by atoms with Gasteiger partial charge in [-0.25, -0.2) is 4.98 Å². The van der Waals surface area contributed by atoms with Gasteiger partial charge in [0.1, 0.15) is 0 Å². The molecule has 16 heavy (non-hydrogen) atoms. The number of nitrogens with zero attached hydrogens (tertiary/aromatic N) is 1. The molecule has 1 aromatic heterocycles. The average Bonchev–Trinajstić information content (AvgIpc) is 2.59. The van der Waals surface area contributed by atoms with Crippen molar-refractivity contribution in [3.8, 4) is 11.3 Å². The van der Waals surface area contributed by atoms with E-state index in [4.69, 9.17) is 0 Å². The average molecular weight is 233 g/mol. The zero-order valence-electron chi connectivity index (χ0n) is 9.74. The van der Waals surface area contributed by atoms with Crippen molar-refractivity contribution < 1.29 is 5.11 Å². The summed E-state index contributed by atoms with van der Waals surface area (Å²) in [6.45, 7) is 6.20. The molecule has 84 valence electrons. The van der Waals surface area contributed by atoms with Crippen molar-refractivity contribution in [2.75, 3.05) is 0 Å². The van der Waals surface area contributed by atoms with Crippen LogP contribution < -0.4 is 0 Å². The normalized spacial score (nSPS) is 10.8. The maximum atomic E-state index is 9.35. The second kappa shape index (κ2) is 4.36. The zero-order chi connectivity index (χ0) is 11.7. The molecule has 2 aromatic rings. The van der Waals surface area contributed by atoms with Crippen LogP contribution in [0.25, 0.3) is 11.3 Å². The summed E-state index contributed by atoms with van der Waals surface area (Å²) in [6, 6.07) is 6.21. The van der Waals surface area contributed by atoms with Gasteiger partial charge in [0.05, 0.1) is 22.2 Å². The van der Waals surface area contributed by atoms with Crippen LogP contribution in [0.5, 0.6) is 0 Å². The smallest absolute Gasteiger partial charge is 0.0905 e. The number of hydrogen-bond donors (Lipinski definition) is 1. The highest BCUT2D eigenvalue weighted by molar-refractivity contribution is 7.12. The standard InChI is InChI=1S/C13H15NOS/c1-8-5-4-6-9(2)12(8)13-11(7-15)16-10(3)14-13/h4-6,15H,7H2,1-3H3. The molecule has 0 unspecified atom stereocenters. The second-order valence-corrected chi connectivity index (χ2v) is 5.22. The lowest BCUT2D eigenvalue weighted by atomic mass is 9.99. The third kappa shape index (κ3) is 1.88. The molecule has 0 fully saturated rings. The molecular weight excluding hydrogens is 218 g/mol. The van der Waals surface area contributed by atoms with Gasteiger partial charge in [0.25, 0.3) is 0 Å². The minimum Gasteiger partial charge on any atom is -0.391 e. The Morgan fingerprint density at radius 3 is 2.38 bits per heavy atom. The van der Waals surface area contributed by atoms with Gasteiger partial charge in [0.15, 0.2) is 0 Å². The van der Waals surface area contributed by atoms with Crippen LogP contribution in [0.1, 0.15) is 21.0 Å². The van der Waals surface area contributed by atoms with Crippen molar-refractivity contribution in [1.29, 1.82) is 0 Å². The van der Waals surface area contributed by atoms with Crippen LogP contribution >= 0.6 is 11.3 Å². The highest BCUT2D eigenvalue weighted by Gasteiger charge is 2.14. The zero-order valence-corrected chi connectivity index (χ0v) is 10.6. The number of thiazole rings is 1. The molecule has 1 heterocycles. The van der Waals surface area contributed by atoms with Gasteiger partial charge >= 0.3 is 0 Å². The Balaban J connectivity index is 2.66. The quantitative estimate of drug-likeness (QED) is 0.864. The Bertz CT molecular complexity index is 496. The summed E-state index contributed by atoms with van der Waals surface area (Å²) in [7, 11) is 0. The summed E-state index contributed by atoms with van der Waals surface area (Å²) in [5.41, 5.74) is 4.52. The molecule has 0 saturated carbocycles. The fourth-order valence-corrected chi connectivity index (χ4v) is 2.76. The summed E-state index contributed by atoms with van der Waals surface area (Å²) < 4.78 is 0. The first kappa shape index (κ1) is 11.3. The summed E-state index contributed by atoms with van der Waals surface area (Å²) in [5, 5.41) is 10.3. The molecular formula is C13H15NOS. The van der Waals surface area contributed by atoms with Crippen LogP contribution in [0.3, 0.4) is 0 Å². The van der Waals surface area contributed by atoms with Gasteiger partial charge in [0, 0.05) is 5.56 Å².